The molecule has 1 fully saturated rings. The van der Waals surface area contributed by atoms with Gasteiger partial charge in [0.25, 0.3) is 0 Å². The summed E-state index contributed by atoms with van der Waals surface area (Å²) in [6.07, 6.45) is 6.60. The standard InChI is InChI=1S/C25H28F2N8O2S/c1-14(2)17-4-5-20(34-11-16(23(34)28)13-38(3,36)37)19-10-30-22(8-18(17)19)32-21-6-7-29-24(33-21)15-9-31-35(12-15)25(26)27/h4-10,12,14,16,23,25H,11,13,28H2,1-3H3,(H,29,30,32,33)/t16-,23+/m1/s1. The summed E-state index contributed by atoms with van der Waals surface area (Å²) in [6, 6.07) is 7.67. The molecule has 0 bridgehead atoms. The number of nitrogens with two attached hydrogens (primary N) is 1. The van der Waals surface area contributed by atoms with Crippen molar-refractivity contribution in [3.05, 3.63) is 54.6 Å². The van der Waals surface area contributed by atoms with E-state index >= 15 is 0 Å². The van der Waals surface area contributed by atoms with Crippen LogP contribution in [0, 0.1) is 5.92 Å². The summed E-state index contributed by atoms with van der Waals surface area (Å²) >= 11 is 0. The van der Waals surface area contributed by atoms with Crippen molar-refractivity contribution in [3.8, 4) is 11.4 Å². The van der Waals surface area contributed by atoms with Gasteiger partial charge in [-0.25, -0.2) is 28.1 Å². The molecule has 1 aliphatic rings. The maximum absolute atomic E-state index is 12.9. The number of fused-ring (bicyclic) bond motifs is 1. The van der Waals surface area contributed by atoms with Gasteiger partial charge in [-0.3, -0.25) is 0 Å². The van der Waals surface area contributed by atoms with Gasteiger partial charge in [0.15, 0.2) is 5.82 Å². The summed E-state index contributed by atoms with van der Waals surface area (Å²) in [7, 11) is -3.12. The first kappa shape index (κ1) is 25.9. The highest BCUT2D eigenvalue weighted by atomic mass is 32.2. The van der Waals surface area contributed by atoms with Crippen molar-refractivity contribution in [1.29, 1.82) is 0 Å². The number of rotatable bonds is 8. The molecule has 0 radical (unpaired) electrons. The predicted octanol–water partition coefficient (Wildman–Crippen LogP) is 3.92. The molecule has 5 rings (SSSR count). The minimum absolute atomic E-state index is 0.0584. The van der Waals surface area contributed by atoms with E-state index in [9.17, 15) is 17.2 Å². The van der Waals surface area contributed by atoms with E-state index in [0.29, 0.717) is 28.4 Å². The zero-order chi connectivity index (χ0) is 27.2. The van der Waals surface area contributed by atoms with Gasteiger partial charge in [-0.1, -0.05) is 19.9 Å². The molecule has 3 N–H and O–H groups in total. The van der Waals surface area contributed by atoms with E-state index in [1.54, 1.807) is 12.3 Å². The van der Waals surface area contributed by atoms with E-state index in [1.807, 2.05) is 17.0 Å². The summed E-state index contributed by atoms with van der Waals surface area (Å²) in [4.78, 5) is 15.2. The van der Waals surface area contributed by atoms with Gasteiger partial charge in [0.1, 0.15) is 21.5 Å². The first-order valence-electron chi connectivity index (χ1n) is 12.1. The molecule has 0 aliphatic carbocycles. The average Bonchev–Trinajstić information content (AvgIpc) is 3.36. The first-order chi connectivity index (χ1) is 18.0. The van der Waals surface area contributed by atoms with Gasteiger partial charge in [-0.2, -0.15) is 13.9 Å². The van der Waals surface area contributed by atoms with E-state index < -0.39 is 22.6 Å². The third-order valence-corrected chi connectivity index (χ3v) is 7.64. The lowest BCUT2D eigenvalue weighted by Crippen LogP contribution is -2.63. The van der Waals surface area contributed by atoms with Gasteiger partial charge in [-0.05, 0) is 35.1 Å². The van der Waals surface area contributed by atoms with Crippen LogP contribution in [0.3, 0.4) is 0 Å². The van der Waals surface area contributed by atoms with Crippen molar-refractivity contribution in [1.82, 2.24) is 24.7 Å². The smallest absolute Gasteiger partial charge is 0.333 e. The fourth-order valence-corrected chi connectivity index (χ4v) is 5.81. The molecular weight excluding hydrogens is 514 g/mol. The van der Waals surface area contributed by atoms with Gasteiger partial charge in [0, 0.05) is 48.4 Å². The van der Waals surface area contributed by atoms with Crippen molar-refractivity contribution in [3.63, 3.8) is 0 Å². The first-order valence-corrected chi connectivity index (χ1v) is 14.1. The molecule has 10 nitrogen and oxygen atoms in total. The van der Waals surface area contributed by atoms with E-state index in [0.717, 1.165) is 22.0 Å². The van der Waals surface area contributed by atoms with Crippen molar-refractivity contribution >= 4 is 37.9 Å². The van der Waals surface area contributed by atoms with Crippen molar-refractivity contribution < 1.29 is 17.2 Å². The molecule has 0 unspecified atom stereocenters. The van der Waals surface area contributed by atoms with Gasteiger partial charge in [0.2, 0.25) is 0 Å². The third kappa shape index (κ3) is 5.16. The second-order valence-electron chi connectivity index (χ2n) is 9.82. The number of benzene rings is 1. The molecule has 4 aromatic rings. The van der Waals surface area contributed by atoms with Crippen molar-refractivity contribution in [2.45, 2.75) is 32.5 Å². The van der Waals surface area contributed by atoms with E-state index in [-0.39, 0.29) is 23.4 Å². The highest BCUT2D eigenvalue weighted by molar-refractivity contribution is 7.90. The number of halogens is 2. The van der Waals surface area contributed by atoms with Crippen LogP contribution in [-0.2, 0) is 9.84 Å². The Hall–Kier alpha value is -3.71. The number of anilines is 3. The van der Waals surface area contributed by atoms with Crippen molar-refractivity contribution in [2.75, 3.05) is 28.8 Å². The Bertz CT molecular complexity index is 1590. The van der Waals surface area contributed by atoms with E-state index in [1.165, 1.54) is 24.8 Å². The summed E-state index contributed by atoms with van der Waals surface area (Å²) < 4.78 is 49.8. The molecule has 3 aromatic heterocycles. The molecule has 200 valence electrons. The molecule has 0 amide bonds. The molecule has 0 saturated carbocycles. The van der Waals surface area contributed by atoms with Gasteiger partial charge in [0.05, 0.1) is 23.7 Å². The molecule has 0 spiro atoms. The van der Waals surface area contributed by atoms with Crippen LogP contribution in [0.5, 0.6) is 0 Å². The Morgan fingerprint density at radius 3 is 2.58 bits per heavy atom. The molecule has 1 aliphatic heterocycles. The quantitative estimate of drug-likeness (QED) is 0.340. The van der Waals surface area contributed by atoms with Crippen LogP contribution < -0.4 is 16.0 Å². The van der Waals surface area contributed by atoms with Gasteiger partial charge >= 0.3 is 6.55 Å². The molecule has 2 atom stereocenters. The predicted molar refractivity (Wildman–Crippen MR) is 142 cm³/mol. The highest BCUT2D eigenvalue weighted by Crippen LogP contribution is 2.38. The molecule has 13 heteroatoms. The van der Waals surface area contributed by atoms with Crippen LogP contribution in [-0.4, -0.2) is 57.9 Å². The second-order valence-corrected chi connectivity index (χ2v) is 12.0. The van der Waals surface area contributed by atoms with Crippen LogP contribution in [0.2, 0.25) is 0 Å². The number of alkyl halides is 2. The minimum atomic E-state index is -3.12. The topological polar surface area (TPSA) is 132 Å². The van der Waals surface area contributed by atoms with Crippen LogP contribution >= 0.6 is 0 Å². The zero-order valence-electron chi connectivity index (χ0n) is 21.1. The van der Waals surface area contributed by atoms with Gasteiger partial charge < -0.3 is 16.0 Å². The summed E-state index contributed by atoms with van der Waals surface area (Å²) in [5.41, 5.74) is 8.77. The fraction of sp³-hybridized carbons (Fsp3) is 0.360. The molecule has 1 saturated heterocycles. The lowest BCUT2D eigenvalue weighted by atomic mass is 9.92. The Labute approximate surface area is 218 Å². The molecule has 1 aromatic carbocycles. The number of hydrogen-bond acceptors (Lipinski definition) is 9. The summed E-state index contributed by atoms with van der Waals surface area (Å²) in [5.74, 6) is 1.42. The monoisotopic (exact) mass is 542 g/mol. The number of aromatic nitrogens is 5. The highest BCUT2D eigenvalue weighted by Gasteiger charge is 2.39. The van der Waals surface area contributed by atoms with E-state index in [2.05, 4.69) is 45.3 Å². The number of hydrogen-bond donors (Lipinski definition) is 2. The number of pyridine rings is 1. The minimum Gasteiger partial charge on any atom is -0.355 e. The Kier molecular flexibility index (Phi) is 6.73. The fourth-order valence-electron chi connectivity index (χ4n) is 4.73. The lowest BCUT2D eigenvalue weighted by molar-refractivity contribution is 0.0566. The molecular formula is C25H28F2N8O2S. The second kappa shape index (κ2) is 9.87. The maximum atomic E-state index is 12.9. The Morgan fingerprint density at radius 1 is 1.13 bits per heavy atom. The number of sulfone groups is 1. The Morgan fingerprint density at radius 2 is 1.92 bits per heavy atom. The van der Waals surface area contributed by atoms with Crippen LogP contribution in [0.25, 0.3) is 22.2 Å². The SMILES string of the molecule is CC(C)c1ccc(N2C[C@H](CS(C)(=O)=O)[C@H]2N)c2cnc(Nc3ccnc(-c4cnn(C(F)F)c4)n3)cc12. The molecule has 38 heavy (non-hydrogen) atoms. The largest absolute Gasteiger partial charge is 0.355 e. The number of nitrogens with one attached hydrogen (secondary N) is 1. The molecule has 4 heterocycles. The third-order valence-electron chi connectivity index (χ3n) is 6.61. The average molecular weight is 543 g/mol. The summed E-state index contributed by atoms with van der Waals surface area (Å²) in [6.45, 7) is 2.02. The van der Waals surface area contributed by atoms with Crippen LogP contribution in [0.15, 0.2) is 49.1 Å². The number of nitrogens with zero attached hydrogens (tertiary/aromatic N) is 6. The van der Waals surface area contributed by atoms with E-state index in [4.69, 9.17) is 5.73 Å². The lowest BCUT2D eigenvalue weighted by Gasteiger charge is -2.47. The maximum Gasteiger partial charge on any atom is 0.333 e. The van der Waals surface area contributed by atoms with Gasteiger partial charge in [-0.15, -0.1) is 0 Å². The van der Waals surface area contributed by atoms with Crippen LogP contribution in [0.4, 0.5) is 26.1 Å². The summed E-state index contributed by atoms with van der Waals surface area (Å²) in [5, 5.41) is 8.72. The Balaban J connectivity index is 1.44. The van der Waals surface area contributed by atoms with Crippen LogP contribution in [0.1, 0.15) is 31.9 Å². The zero-order valence-corrected chi connectivity index (χ0v) is 21.9. The normalized spacial score (nSPS) is 17.8. The van der Waals surface area contributed by atoms with Crippen molar-refractivity contribution in [2.24, 2.45) is 11.7 Å².